The molecule has 0 spiro atoms. The molecule has 1 unspecified atom stereocenters. The summed E-state index contributed by atoms with van der Waals surface area (Å²) in [4.78, 5) is 0. The summed E-state index contributed by atoms with van der Waals surface area (Å²) in [6.45, 7) is 7.29. The minimum absolute atomic E-state index is 0.105. The Hall–Kier alpha value is -0.170. The van der Waals surface area contributed by atoms with Crippen LogP contribution in [0.3, 0.4) is 0 Å². The van der Waals surface area contributed by atoms with Crippen LogP contribution in [0.15, 0.2) is 4.34 Å². The summed E-state index contributed by atoms with van der Waals surface area (Å²) in [5.41, 5.74) is -0.105. The summed E-state index contributed by atoms with van der Waals surface area (Å²) in [6, 6.07) is 0. The topological polar surface area (TPSA) is 58.0 Å². The van der Waals surface area contributed by atoms with E-state index in [9.17, 15) is 5.11 Å². The number of hydrogen-bond donors (Lipinski definition) is 2. The van der Waals surface area contributed by atoms with Gasteiger partial charge in [-0.3, -0.25) is 0 Å². The van der Waals surface area contributed by atoms with E-state index in [1.165, 1.54) is 0 Å². The first kappa shape index (κ1) is 15.9. The van der Waals surface area contributed by atoms with Crippen LogP contribution in [0.1, 0.15) is 38.1 Å². The maximum Gasteiger partial charge on any atom is 0.174 e. The second-order valence-electron chi connectivity index (χ2n) is 4.36. The van der Waals surface area contributed by atoms with E-state index < -0.39 is 0 Å². The molecule has 0 amide bonds. The summed E-state index contributed by atoms with van der Waals surface area (Å²) >= 11 is 3.40. The molecule has 0 radical (unpaired) electrons. The van der Waals surface area contributed by atoms with E-state index in [0.717, 1.165) is 40.9 Å². The van der Waals surface area contributed by atoms with Gasteiger partial charge in [0, 0.05) is 11.3 Å². The monoisotopic (exact) mass is 289 g/mol. The minimum atomic E-state index is -0.105. The van der Waals surface area contributed by atoms with Gasteiger partial charge in [-0.25, -0.2) is 0 Å². The summed E-state index contributed by atoms with van der Waals surface area (Å²) in [7, 11) is 0. The number of aliphatic hydroxyl groups is 1. The maximum absolute atomic E-state index is 9.54. The van der Waals surface area contributed by atoms with Crippen molar-refractivity contribution in [1.82, 2.24) is 15.5 Å². The van der Waals surface area contributed by atoms with Gasteiger partial charge < -0.3 is 10.4 Å². The van der Waals surface area contributed by atoms with Gasteiger partial charge in [0.2, 0.25) is 0 Å². The van der Waals surface area contributed by atoms with Crippen molar-refractivity contribution in [3.8, 4) is 0 Å². The molecule has 0 saturated heterocycles. The van der Waals surface area contributed by atoms with Crippen molar-refractivity contribution in [3.05, 3.63) is 5.01 Å². The molecule has 0 bridgehead atoms. The van der Waals surface area contributed by atoms with Crippen LogP contribution >= 0.6 is 23.1 Å². The van der Waals surface area contributed by atoms with E-state index in [2.05, 4.69) is 29.4 Å². The molecule has 0 aromatic carbocycles. The smallest absolute Gasteiger partial charge is 0.174 e. The largest absolute Gasteiger partial charge is 0.394 e. The van der Waals surface area contributed by atoms with E-state index in [1.54, 1.807) is 23.1 Å². The molecule has 1 atom stereocenters. The second-order valence-corrected chi connectivity index (χ2v) is 6.89. The fraction of sp³-hybridized carbons (Fsp3) is 0.833. The van der Waals surface area contributed by atoms with Crippen molar-refractivity contribution in [1.29, 1.82) is 0 Å². The highest BCUT2D eigenvalue weighted by atomic mass is 32.2. The number of hydrogen-bond acceptors (Lipinski definition) is 6. The van der Waals surface area contributed by atoms with Crippen LogP contribution in [0.25, 0.3) is 0 Å². The molecule has 18 heavy (non-hydrogen) atoms. The van der Waals surface area contributed by atoms with E-state index >= 15 is 0 Å². The molecule has 104 valence electrons. The summed E-state index contributed by atoms with van der Waals surface area (Å²) in [6.07, 6.45) is 3.03. The fourth-order valence-electron chi connectivity index (χ4n) is 1.92. The van der Waals surface area contributed by atoms with Gasteiger partial charge in [-0.2, -0.15) is 0 Å². The quantitative estimate of drug-likeness (QED) is 0.540. The van der Waals surface area contributed by atoms with Crippen LogP contribution in [0, 0.1) is 6.92 Å². The third-order valence-corrected chi connectivity index (χ3v) is 5.12. The fourth-order valence-corrected chi connectivity index (χ4v) is 3.74. The van der Waals surface area contributed by atoms with Gasteiger partial charge in [0.05, 0.1) is 6.61 Å². The zero-order valence-corrected chi connectivity index (χ0v) is 13.0. The highest BCUT2D eigenvalue weighted by Gasteiger charge is 2.25. The molecule has 1 heterocycles. The third-order valence-electron chi connectivity index (χ3n) is 3.06. The van der Waals surface area contributed by atoms with Crippen LogP contribution in [-0.4, -0.2) is 39.7 Å². The Morgan fingerprint density at radius 2 is 2.17 bits per heavy atom. The Balaban J connectivity index is 2.30. The second kappa shape index (κ2) is 8.09. The summed E-state index contributed by atoms with van der Waals surface area (Å²) in [5.74, 6) is 1.03. The van der Waals surface area contributed by atoms with Crippen molar-refractivity contribution in [2.45, 2.75) is 49.9 Å². The van der Waals surface area contributed by atoms with Gasteiger partial charge in [-0.15, -0.1) is 10.2 Å². The van der Waals surface area contributed by atoms with Gasteiger partial charge in [-0.05, 0) is 32.7 Å². The number of nitrogens with zero attached hydrogens (tertiary/aromatic N) is 2. The summed E-state index contributed by atoms with van der Waals surface area (Å²) in [5, 5.41) is 22.1. The first-order valence-corrected chi connectivity index (χ1v) is 8.25. The first-order valence-electron chi connectivity index (χ1n) is 6.44. The Morgan fingerprint density at radius 3 is 2.67 bits per heavy atom. The molecule has 1 rings (SSSR count). The van der Waals surface area contributed by atoms with Gasteiger partial charge in [0.15, 0.2) is 4.34 Å². The van der Waals surface area contributed by atoms with E-state index in [1.807, 2.05) is 6.92 Å². The van der Waals surface area contributed by atoms with Crippen molar-refractivity contribution >= 4 is 23.1 Å². The first-order chi connectivity index (χ1) is 8.65. The van der Waals surface area contributed by atoms with Gasteiger partial charge in [0.25, 0.3) is 0 Å². The van der Waals surface area contributed by atoms with Crippen LogP contribution in [-0.2, 0) is 0 Å². The molecule has 2 N–H and O–H groups in total. The lowest BCUT2D eigenvalue weighted by molar-refractivity contribution is 0.148. The highest BCUT2D eigenvalue weighted by molar-refractivity contribution is 8.01. The van der Waals surface area contributed by atoms with Gasteiger partial charge >= 0.3 is 0 Å². The average molecular weight is 289 g/mol. The highest BCUT2D eigenvalue weighted by Crippen LogP contribution is 2.25. The van der Waals surface area contributed by atoms with Crippen molar-refractivity contribution in [2.24, 2.45) is 0 Å². The number of aliphatic hydroxyl groups excluding tert-OH is 1. The number of nitrogens with one attached hydrogen (secondary N) is 1. The third kappa shape index (κ3) is 4.84. The zero-order chi connectivity index (χ0) is 13.4. The molecule has 1 aromatic rings. The van der Waals surface area contributed by atoms with Crippen LogP contribution in [0.5, 0.6) is 0 Å². The molecular formula is C12H23N3OS2. The predicted octanol–water partition coefficient (Wildman–Crippen LogP) is 2.47. The Morgan fingerprint density at radius 1 is 1.39 bits per heavy atom. The predicted molar refractivity (Wildman–Crippen MR) is 78.4 cm³/mol. The lowest BCUT2D eigenvalue weighted by Gasteiger charge is -2.31. The zero-order valence-electron chi connectivity index (χ0n) is 11.4. The number of aryl methyl sites for hydroxylation is 1. The average Bonchev–Trinajstić information content (AvgIpc) is 2.79. The maximum atomic E-state index is 9.54. The molecule has 0 saturated carbocycles. The lowest BCUT2D eigenvalue weighted by Crippen LogP contribution is -2.48. The van der Waals surface area contributed by atoms with Crippen molar-refractivity contribution in [2.75, 3.05) is 18.9 Å². The molecular weight excluding hydrogens is 266 g/mol. The number of thioether (sulfide) groups is 1. The molecule has 0 aliphatic carbocycles. The molecule has 6 heteroatoms. The molecule has 4 nitrogen and oxygen atoms in total. The Bertz CT molecular complexity index is 340. The minimum Gasteiger partial charge on any atom is -0.394 e. The normalized spacial score (nSPS) is 14.7. The number of rotatable bonds is 9. The standard InChI is InChI=1S/C12H23N3OS2/c1-4-12(9-16,13-5-2)7-6-8-17-11-15-14-10(3)18-11/h13,16H,4-9H2,1-3H3. The Labute approximate surface area is 118 Å². The summed E-state index contributed by atoms with van der Waals surface area (Å²) < 4.78 is 1.04. The van der Waals surface area contributed by atoms with Crippen molar-refractivity contribution in [3.63, 3.8) is 0 Å². The lowest BCUT2D eigenvalue weighted by atomic mass is 9.91. The molecule has 1 aromatic heterocycles. The molecule has 0 aliphatic heterocycles. The van der Waals surface area contributed by atoms with E-state index in [4.69, 9.17) is 0 Å². The van der Waals surface area contributed by atoms with Gasteiger partial charge in [-0.1, -0.05) is 36.9 Å². The number of likely N-dealkylation sites (N-methyl/N-ethyl adjacent to an activating group) is 1. The number of aromatic nitrogens is 2. The van der Waals surface area contributed by atoms with E-state index in [0.29, 0.717) is 0 Å². The molecule has 0 fully saturated rings. The Kier molecular flexibility index (Phi) is 7.14. The van der Waals surface area contributed by atoms with Crippen LogP contribution in [0.2, 0.25) is 0 Å². The molecule has 0 aliphatic rings. The van der Waals surface area contributed by atoms with Crippen molar-refractivity contribution < 1.29 is 5.11 Å². The van der Waals surface area contributed by atoms with Crippen LogP contribution in [0.4, 0.5) is 0 Å². The van der Waals surface area contributed by atoms with Gasteiger partial charge in [0.1, 0.15) is 5.01 Å². The van der Waals surface area contributed by atoms with E-state index in [-0.39, 0.29) is 12.1 Å². The SMILES string of the molecule is CCNC(CC)(CO)CCCSc1nnc(C)s1. The van der Waals surface area contributed by atoms with Crippen LogP contribution < -0.4 is 5.32 Å².